The minimum Gasteiger partial charge on any atom is -0.493 e. The number of nitrogens with zero attached hydrogens (tertiary/aromatic N) is 2. The average molecular weight is 436 g/mol. The van der Waals surface area contributed by atoms with E-state index in [1.807, 2.05) is 0 Å². The number of fused-ring (bicyclic) bond motifs is 2. The van der Waals surface area contributed by atoms with E-state index in [2.05, 4.69) is 30.9 Å². The van der Waals surface area contributed by atoms with Gasteiger partial charge in [0.1, 0.15) is 11.7 Å². The second-order valence-electron chi connectivity index (χ2n) is 7.63. The molecule has 0 bridgehead atoms. The van der Waals surface area contributed by atoms with Crippen LogP contribution < -0.4 is 15.3 Å². The number of methoxy groups -OCH3 is 1. The van der Waals surface area contributed by atoms with E-state index in [-0.39, 0.29) is 11.7 Å². The van der Waals surface area contributed by atoms with E-state index in [1.165, 1.54) is 23.4 Å². The minimum atomic E-state index is -0.740. The summed E-state index contributed by atoms with van der Waals surface area (Å²) in [4.78, 5) is 31.8. The van der Waals surface area contributed by atoms with Crippen LogP contribution in [0.1, 0.15) is 21.5 Å². The summed E-state index contributed by atoms with van der Waals surface area (Å²) in [6, 6.07) is 10.9. The van der Waals surface area contributed by atoms with Gasteiger partial charge in [-0.3, -0.25) is 0 Å². The van der Waals surface area contributed by atoms with Crippen LogP contribution >= 0.6 is 11.3 Å². The van der Waals surface area contributed by atoms with E-state index in [0.717, 1.165) is 16.2 Å². The maximum atomic E-state index is 12.6. The molecule has 31 heavy (non-hydrogen) atoms. The molecule has 2 aromatic carbocycles. The quantitative estimate of drug-likeness (QED) is 0.352. The van der Waals surface area contributed by atoms with E-state index in [4.69, 9.17) is 18.9 Å². The Kier molecular flexibility index (Phi) is 4.66. The molecule has 0 radical (unpaired) electrons. The van der Waals surface area contributed by atoms with Crippen molar-refractivity contribution in [3.63, 3.8) is 0 Å². The molecule has 0 N–H and O–H groups in total. The number of ether oxygens (including phenoxy) is 2. The molecular weight excluding hydrogens is 416 g/mol. The third-order valence-corrected chi connectivity index (χ3v) is 6.74. The lowest BCUT2D eigenvalue weighted by Gasteiger charge is -2.38. The Bertz CT molecular complexity index is 1350. The smallest absolute Gasteiger partial charge is 0.351 e. The van der Waals surface area contributed by atoms with Gasteiger partial charge in [-0.25, -0.2) is 14.6 Å². The molecule has 8 heteroatoms. The SMILES string of the molecule is COc1cccc2cc(C(=O)OC3CN(c4nc5c(C)ccc(C)c5s4)C3)c(=O)oc12. The predicted molar refractivity (Wildman–Crippen MR) is 120 cm³/mol. The molecule has 0 atom stereocenters. The summed E-state index contributed by atoms with van der Waals surface area (Å²) in [5, 5.41) is 1.51. The van der Waals surface area contributed by atoms with E-state index >= 15 is 0 Å². The van der Waals surface area contributed by atoms with Crippen molar-refractivity contribution in [1.29, 1.82) is 0 Å². The lowest BCUT2D eigenvalue weighted by atomic mass is 10.1. The van der Waals surface area contributed by atoms with Crippen LogP contribution in [0.25, 0.3) is 21.2 Å². The topological polar surface area (TPSA) is 81.9 Å². The normalized spacial score (nSPS) is 14.1. The highest BCUT2D eigenvalue weighted by Crippen LogP contribution is 2.35. The number of hydrogen-bond donors (Lipinski definition) is 0. The number of aromatic nitrogens is 1. The maximum absolute atomic E-state index is 12.6. The van der Waals surface area contributed by atoms with Crippen molar-refractivity contribution < 1.29 is 18.7 Å². The molecule has 1 saturated heterocycles. The van der Waals surface area contributed by atoms with Gasteiger partial charge in [0.05, 0.1) is 30.4 Å². The first-order valence-corrected chi connectivity index (χ1v) is 10.7. The summed E-state index contributed by atoms with van der Waals surface area (Å²) in [5.41, 5.74) is 2.81. The summed E-state index contributed by atoms with van der Waals surface area (Å²) in [6.07, 6.45) is -0.304. The van der Waals surface area contributed by atoms with Gasteiger partial charge in [0.15, 0.2) is 16.5 Å². The number of aryl methyl sites for hydroxylation is 2. The van der Waals surface area contributed by atoms with E-state index in [0.29, 0.717) is 29.8 Å². The molecule has 4 aromatic rings. The Hall–Kier alpha value is -3.39. The second-order valence-corrected chi connectivity index (χ2v) is 8.61. The van der Waals surface area contributed by atoms with Gasteiger partial charge in [0, 0.05) is 5.39 Å². The molecule has 0 unspecified atom stereocenters. The van der Waals surface area contributed by atoms with Gasteiger partial charge in [-0.15, -0.1) is 0 Å². The first-order chi connectivity index (χ1) is 14.9. The van der Waals surface area contributed by atoms with E-state index in [1.54, 1.807) is 29.5 Å². The molecule has 0 saturated carbocycles. The van der Waals surface area contributed by atoms with Gasteiger partial charge < -0.3 is 18.8 Å². The molecule has 7 nitrogen and oxygen atoms in total. The number of carbonyl (C=O) groups excluding carboxylic acids is 1. The van der Waals surface area contributed by atoms with Crippen LogP contribution in [0.5, 0.6) is 5.75 Å². The Morgan fingerprint density at radius 3 is 2.71 bits per heavy atom. The summed E-state index contributed by atoms with van der Waals surface area (Å²) < 4.78 is 17.2. The summed E-state index contributed by atoms with van der Waals surface area (Å²) in [6.45, 7) is 5.21. The fourth-order valence-electron chi connectivity index (χ4n) is 3.69. The van der Waals surface area contributed by atoms with Gasteiger partial charge in [0.25, 0.3) is 0 Å². The van der Waals surface area contributed by atoms with Crippen molar-refractivity contribution in [3.8, 4) is 5.75 Å². The van der Waals surface area contributed by atoms with Crippen LogP contribution in [0.2, 0.25) is 0 Å². The molecule has 2 aromatic heterocycles. The van der Waals surface area contributed by atoms with Crippen LogP contribution in [0.15, 0.2) is 45.6 Å². The van der Waals surface area contributed by atoms with Crippen molar-refractivity contribution in [2.24, 2.45) is 0 Å². The zero-order chi connectivity index (χ0) is 21.7. The number of benzene rings is 2. The van der Waals surface area contributed by atoms with Gasteiger partial charge in [-0.1, -0.05) is 35.6 Å². The van der Waals surface area contributed by atoms with Crippen LogP contribution in [-0.4, -0.2) is 37.3 Å². The number of hydrogen-bond acceptors (Lipinski definition) is 8. The van der Waals surface area contributed by atoms with Crippen molar-refractivity contribution >= 4 is 43.6 Å². The number of carbonyl (C=O) groups is 1. The van der Waals surface area contributed by atoms with Crippen molar-refractivity contribution in [2.75, 3.05) is 25.1 Å². The Labute approximate surface area is 181 Å². The summed E-state index contributed by atoms with van der Waals surface area (Å²) in [5.74, 6) is -0.246. The number of para-hydroxylation sites is 1. The average Bonchev–Trinajstić information content (AvgIpc) is 3.18. The van der Waals surface area contributed by atoms with E-state index in [9.17, 15) is 9.59 Å². The van der Waals surface area contributed by atoms with Crippen LogP contribution in [0, 0.1) is 13.8 Å². The fraction of sp³-hybridized carbons (Fsp3) is 0.261. The lowest BCUT2D eigenvalue weighted by molar-refractivity contribution is 0.0230. The highest BCUT2D eigenvalue weighted by Gasteiger charge is 2.33. The molecule has 5 rings (SSSR count). The van der Waals surface area contributed by atoms with Gasteiger partial charge in [-0.05, 0) is 37.1 Å². The molecule has 0 spiro atoms. The monoisotopic (exact) mass is 436 g/mol. The third kappa shape index (κ3) is 3.33. The van der Waals surface area contributed by atoms with Crippen LogP contribution in [0.3, 0.4) is 0 Å². The van der Waals surface area contributed by atoms with Gasteiger partial charge in [0.2, 0.25) is 0 Å². The number of esters is 1. The zero-order valence-electron chi connectivity index (χ0n) is 17.3. The standard InChI is InChI=1S/C23H20N2O5S/c1-12-7-8-13(2)20-18(12)24-23(31-20)25-10-15(11-25)29-21(26)16-9-14-5-4-6-17(28-3)19(14)30-22(16)27/h4-9,15H,10-11H2,1-3H3. The van der Waals surface area contributed by atoms with Gasteiger partial charge >= 0.3 is 11.6 Å². The minimum absolute atomic E-state index is 0.120. The summed E-state index contributed by atoms with van der Waals surface area (Å²) >= 11 is 1.64. The molecule has 0 aliphatic carbocycles. The number of anilines is 1. The first-order valence-electron chi connectivity index (χ1n) is 9.88. The maximum Gasteiger partial charge on any atom is 0.351 e. The number of thiazole rings is 1. The third-order valence-electron chi connectivity index (χ3n) is 5.49. The largest absolute Gasteiger partial charge is 0.493 e. The highest BCUT2D eigenvalue weighted by molar-refractivity contribution is 7.22. The van der Waals surface area contributed by atoms with Crippen LogP contribution in [0.4, 0.5) is 5.13 Å². The Morgan fingerprint density at radius 1 is 1.19 bits per heavy atom. The van der Waals surface area contributed by atoms with Crippen molar-refractivity contribution in [1.82, 2.24) is 4.98 Å². The molecule has 3 heterocycles. The van der Waals surface area contributed by atoms with Gasteiger partial charge in [-0.2, -0.15) is 0 Å². The molecule has 158 valence electrons. The molecular formula is C23H20N2O5S. The molecule has 1 fully saturated rings. The molecule has 1 aliphatic rings. The van der Waals surface area contributed by atoms with Crippen LogP contribution in [-0.2, 0) is 4.74 Å². The molecule has 0 amide bonds. The Balaban J connectivity index is 1.31. The lowest BCUT2D eigenvalue weighted by Crippen LogP contribution is -2.53. The zero-order valence-corrected chi connectivity index (χ0v) is 18.1. The predicted octanol–water partition coefficient (Wildman–Crippen LogP) is 4.07. The molecule has 1 aliphatic heterocycles. The summed E-state index contributed by atoms with van der Waals surface area (Å²) in [7, 11) is 1.49. The Morgan fingerprint density at radius 2 is 1.97 bits per heavy atom. The van der Waals surface area contributed by atoms with E-state index < -0.39 is 11.6 Å². The van der Waals surface area contributed by atoms with Crippen molar-refractivity contribution in [3.05, 3.63) is 63.5 Å². The number of rotatable bonds is 4. The highest BCUT2D eigenvalue weighted by atomic mass is 32.1. The first kappa shape index (κ1) is 19.6. The fourth-order valence-corrected chi connectivity index (χ4v) is 4.82. The second kappa shape index (κ2) is 7.39. The van der Waals surface area contributed by atoms with Crippen molar-refractivity contribution in [2.45, 2.75) is 20.0 Å².